The van der Waals surface area contributed by atoms with Crippen LogP contribution in [0.25, 0.3) is 0 Å². The summed E-state index contributed by atoms with van der Waals surface area (Å²) < 4.78 is 5.90. The van der Waals surface area contributed by atoms with Gasteiger partial charge in [-0.1, -0.05) is 6.07 Å². The van der Waals surface area contributed by atoms with Crippen LogP contribution in [0.15, 0.2) is 17.5 Å². The summed E-state index contributed by atoms with van der Waals surface area (Å²) >= 11 is 1.78. The second-order valence-corrected chi connectivity index (χ2v) is 5.18. The lowest BCUT2D eigenvalue weighted by atomic mass is 10.0. The molecular weight excluding hydrogens is 242 g/mol. The first-order valence-electron chi connectivity index (χ1n) is 5.72. The summed E-state index contributed by atoms with van der Waals surface area (Å²) in [7, 11) is 0. The largest absolute Gasteiger partial charge is 0.373 e. The van der Waals surface area contributed by atoms with Crippen molar-refractivity contribution in [1.29, 1.82) is 0 Å². The van der Waals surface area contributed by atoms with Gasteiger partial charge in [-0.05, 0) is 43.7 Å². The van der Waals surface area contributed by atoms with Crippen LogP contribution in [0, 0.1) is 5.92 Å². The van der Waals surface area contributed by atoms with E-state index in [1.165, 1.54) is 24.3 Å². The van der Waals surface area contributed by atoms with Gasteiger partial charge >= 0.3 is 0 Å². The first kappa shape index (κ1) is 14.0. The van der Waals surface area contributed by atoms with E-state index in [9.17, 15) is 0 Å². The molecule has 1 N–H and O–H groups in total. The van der Waals surface area contributed by atoms with Gasteiger partial charge < -0.3 is 10.1 Å². The fourth-order valence-electron chi connectivity index (χ4n) is 1.95. The maximum absolute atomic E-state index is 5.90. The van der Waals surface area contributed by atoms with E-state index in [-0.39, 0.29) is 18.5 Å². The Morgan fingerprint density at radius 2 is 2.50 bits per heavy atom. The minimum Gasteiger partial charge on any atom is -0.373 e. The molecule has 1 aliphatic rings. The third-order valence-corrected chi connectivity index (χ3v) is 3.96. The SMILES string of the molecule is CC(OCC1CCCNC1)c1cccs1.Cl. The molecule has 0 aromatic carbocycles. The van der Waals surface area contributed by atoms with Gasteiger partial charge in [0.1, 0.15) is 0 Å². The van der Waals surface area contributed by atoms with Crippen molar-refractivity contribution < 1.29 is 4.74 Å². The number of piperidine rings is 1. The van der Waals surface area contributed by atoms with Gasteiger partial charge in [0.15, 0.2) is 0 Å². The zero-order chi connectivity index (χ0) is 10.5. The van der Waals surface area contributed by atoms with Gasteiger partial charge in [-0.15, -0.1) is 23.7 Å². The van der Waals surface area contributed by atoms with Crippen LogP contribution in [0.4, 0.5) is 0 Å². The average Bonchev–Trinajstić information content (AvgIpc) is 2.81. The molecule has 1 saturated heterocycles. The molecule has 4 heteroatoms. The van der Waals surface area contributed by atoms with E-state index in [0.717, 1.165) is 13.2 Å². The average molecular weight is 262 g/mol. The van der Waals surface area contributed by atoms with Crippen LogP contribution >= 0.6 is 23.7 Å². The number of thiophene rings is 1. The first-order chi connectivity index (χ1) is 7.36. The van der Waals surface area contributed by atoms with Crippen molar-refractivity contribution in [2.75, 3.05) is 19.7 Å². The van der Waals surface area contributed by atoms with Crippen molar-refractivity contribution in [2.24, 2.45) is 5.92 Å². The summed E-state index contributed by atoms with van der Waals surface area (Å²) in [6, 6.07) is 4.23. The standard InChI is InChI=1S/C12H19NOS.ClH/c1-10(12-5-3-7-15-12)14-9-11-4-2-6-13-8-11;/h3,5,7,10-11,13H,2,4,6,8-9H2,1H3;1H. The molecule has 0 spiro atoms. The molecule has 1 fully saturated rings. The first-order valence-corrected chi connectivity index (χ1v) is 6.60. The van der Waals surface area contributed by atoms with Crippen molar-refractivity contribution in [3.63, 3.8) is 0 Å². The molecular formula is C12H20ClNOS. The lowest BCUT2D eigenvalue weighted by Gasteiger charge is -2.24. The minimum absolute atomic E-state index is 0. The molecule has 1 aliphatic heterocycles. The third-order valence-electron chi connectivity index (χ3n) is 2.92. The van der Waals surface area contributed by atoms with E-state index in [4.69, 9.17) is 4.74 Å². The summed E-state index contributed by atoms with van der Waals surface area (Å²) in [5, 5.41) is 5.52. The van der Waals surface area contributed by atoms with E-state index in [2.05, 4.69) is 29.8 Å². The second-order valence-electron chi connectivity index (χ2n) is 4.20. The van der Waals surface area contributed by atoms with Crippen LogP contribution in [0.3, 0.4) is 0 Å². The highest BCUT2D eigenvalue weighted by Gasteiger charge is 2.15. The highest BCUT2D eigenvalue weighted by Crippen LogP contribution is 2.23. The summed E-state index contributed by atoms with van der Waals surface area (Å²) in [6.07, 6.45) is 2.86. The fourth-order valence-corrected chi connectivity index (χ4v) is 2.68. The molecule has 0 bridgehead atoms. The zero-order valence-corrected chi connectivity index (χ0v) is 11.3. The molecule has 2 unspecified atom stereocenters. The number of ether oxygens (including phenoxy) is 1. The molecule has 0 saturated carbocycles. The minimum atomic E-state index is 0. The van der Waals surface area contributed by atoms with Gasteiger partial charge in [-0.25, -0.2) is 0 Å². The normalized spacial score (nSPS) is 22.4. The summed E-state index contributed by atoms with van der Waals surface area (Å²) in [6.45, 7) is 5.34. The van der Waals surface area contributed by atoms with Gasteiger partial charge in [0.2, 0.25) is 0 Å². The zero-order valence-electron chi connectivity index (χ0n) is 9.65. The molecule has 2 atom stereocenters. The highest BCUT2D eigenvalue weighted by molar-refractivity contribution is 7.10. The van der Waals surface area contributed by atoms with Crippen molar-refractivity contribution in [3.8, 4) is 0 Å². The van der Waals surface area contributed by atoms with Crippen molar-refractivity contribution in [1.82, 2.24) is 5.32 Å². The Hall–Kier alpha value is -0.0900. The van der Waals surface area contributed by atoms with Crippen LogP contribution in [0.1, 0.15) is 30.7 Å². The number of nitrogens with one attached hydrogen (secondary N) is 1. The van der Waals surface area contributed by atoms with E-state index >= 15 is 0 Å². The van der Waals surface area contributed by atoms with Crippen LogP contribution in [0.2, 0.25) is 0 Å². The summed E-state index contributed by atoms with van der Waals surface area (Å²) in [5.41, 5.74) is 0. The molecule has 2 nitrogen and oxygen atoms in total. The Bertz CT molecular complexity index is 273. The molecule has 0 amide bonds. The molecule has 0 aliphatic carbocycles. The molecule has 92 valence electrons. The number of hydrogen-bond donors (Lipinski definition) is 1. The highest BCUT2D eigenvalue weighted by atomic mass is 35.5. The summed E-state index contributed by atoms with van der Waals surface area (Å²) in [4.78, 5) is 1.33. The molecule has 2 heterocycles. The van der Waals surface area contributed by atoms with Crippen LogP contribution in [0.5, 0.6) is 0 Å². The lowest BCUT2D eigenvalue weighted by molar-refractivity contribution is 0.0355. The van der Waals surface area contributed by atoms with Gasteiger partial charge in [-0.3, -0.25) is 0 Å². The van der Waals surface area contributed by atoms with Crippen LogP contribution < -0.4 is 5.32 Å². The van der Waals surface area contributed by atoms with Crippen molar-refractivity contribution in [3.05, 3.63) is 22.4 Å². The fraction of sp³-hybridized carbons (Fsp3) is 0.667. The Balaban J connectivity index is 0.00000128. The molecule has 1 aromatic heterocycles. The van der Waals surface area contributed by atoms with Gasteiger partial charge in [0.25, 0.3) is 0 Å². The molecule has 0 radical (unpaired) electrons. The van der Waals surface area contributed by atoms with Gasteiger partial charge in [0.05, 0.1) is 12.7 Å². The maximum atomic E-state index is 5.90. The van der Waals surface area contributed by atoms with E-state index in [0.29, 0.717) is 5.92 Å². The lowest BCUT2D eigenvalue weighted by Crippen LogP contribution is -2.32. The quantitative estimate of drug-likeness (QED) is 0.899. The Kier molecular flexibility index (Phi) is 6.36. The predicted octanol–water partition coefficient (Wildman–Crippen LogP) is 3.25. The molecule has 1 aromatic rings. The van der Waals surface area contributed by atoms with E-state index < -0.39 is 0 Å². The topological polar surface area (TPSA) is 21.3 Å². The van der Waals surface area contributed by atoms with Crippen molar-refractivity contribution in [2.45, 2.75) is 25.9 Å². The van der Waals surface area contributed by atoms with Crippen LogP contribution in [-0.2, 0) is 4.74 Å². The van der Waals surface area contributed by atoms with E-state index in [1.54, 1.807) is 11.3 Å². The maximum Gasteiger partial charge on any atom is 0.0888 e. The number of halogens is 1. The monoisotopic (exact) mass is 261 g/mol. The van der Waals surface area contributed by atoms with Gasteiger partial charge in [-0.2, -0.15) is 0 Å². The molecule has 2 rings (SSSR count). The van der Waals surface area contributed by atoms with E-state index in [1.807, 2.05) is 0 Å². The van der Waals surface area contributed by atoms with Crippen LogP contribution in [-0.4, -0.2) is 19.7 Å². The smallest absolute Gasteiger partial charge is 0.0888 e. The number of rotatable bonds is 4. The third kappa shape index (κ3) is 4.06. The van der Waals surface area contributed by atoms with Crippen molar-refractivity contribution >= 4 is 23.7 Å². The second kappa shape index (κ2) is 7.28. The number of hydrogen-bond acceptors (Lipinski definition) is 3. The molecule has 16 heavy (non-hydrogen) atoms. The summed E-state index contributed by atoms with van der Waals surface area (Å²) in [5.74, 6) is 0.709. The predicted molar refractivity (Wildman–Crippen MR) is 71.5 cm³/mol. The van der Waals surface area contributed by atoms with Gasteiger partial charge in [0, 0.05) is 11.4 Å². The Labute approximate surface area is 108 Å². The Morgan fingerprint density at radius 3 is 3.12 bits per heavy atom. The Morgan fingerprint density at radius 1 is 1.62 bits per heavy atom.